The predicted molar refractivity (Wildman–Crippen MR) is 120 cm³/mol. The van der Waals surface area contributed by atoms with Gasteiger partial charge < -0.3 is 9.80 Å². The second-order valence-electron chi connectivity index (χ2n) is 9.25. The van der Waals surface area contributed by atoms with E-state index in [1.807, 2.05) is 19.9 Å². The largest absolute Gasteiger partial charge is 0.339 e. The first-order chi connectivity index (χ1) is 15.1. The molecule has 168 valence electrons. The molecule has 0 bridgehead atoms. The molecule has 0 unspecified atom stereocenters. The van der Waals surface area contributed by atoms with Gasteiger partial charge in [0.2, 0.25) is 5.91 Å². The summed E-state index contributed by atoms with van der Waals surface area (Å²) in [5.74, 6) is -0.318. The molecule has 3 heterocycles. The Bertz CT molecular complexity index is 1180. The zero-order chi connectivity index (χ0) is 23.2. The number of hydrogen-bond acceptors (Lipinski definition) is 4. The average Bonchev–Trinajstić information content (AvgIpc) is 3.16. The van der Waals surface area contributed by atoms with Gasteiger partial charge in [0.25, 0.3) is 5.91 Å². The molecule has 3 aromatic rings. The topological polar surface area (TPSA) is 70.8 Å². The number of nitrogens with zero attached hydrogens (tertiary/aromatic N) is 5. The molecule has 1 saturated heterocycles. The lowest BCUT2D eigenvalue weighted by Gasteiger charge is -2.46. The molecule has 8 heteroatoms. The van der Waals surface area contributed by atoms with Crippen molar-refractivity contribution >= 4 is 17.5 Å². The number of carbonyl (C=O) groups excluding carboxylic acids is 2. The Morgan fingerprint density at radius 2 is 1.81 bits per heavy atom. The number of fused-ring (bicyclic) bond motifs is 1. The maximum absolute atomic E-state index is 13.4. The lowest BCUT2D eigenvalue weighted by Crippen LogP contribution is -2.61. The summed E-state index contributed by atoms with van der Waals surface area (Å²) in [6, 6.07) is 8.13. The fourth-order valence-electron chi connectivity index (χ4n) is 4.23. The molecule has 1 aromatic carbocycles. The lowest BCUT2D eigenvalue weighted by atomic mass is 9.98. The molecule has 32 heavy (non-hydrogen) atoms. The predicted octanol–water partition coefficient (Wildman–Crippen LogP) is 3.74. The molecule has 0 saturated carbocycles. The molecule has 1 aliphatic heterocycles. The van der Waals surface area contributed by atoms with Crippen LogP contribution < -0.4 is 0 Å². The fraction of sp³-hybridized carbons (Fsp3) is 0.417. The van der Waals surface area contributed by atoms with Gasteiger partial charge in [-0.1, -0.05) is 13.8 Å². The van der Waals surface area contributed by atoms with Crippen LogP contribution in [-0.4, -0.2) is 61.4 Å². The SMILES string of the molecule is CC(=O)N1CCN(C(=O)c2cn3nc(-c4ccc(F)cc4)cc(C(C)C)c3n2)C(C)(C)C1. The molecule has 0 aliphatic carbocycles. The van der Waals surface area contributed by atoms with Crippen LogP contribution in [0.1, 0.15) is 56.6 Å². The lowest BCUT2D eigenvalue weighted by molar-refractivity contribution is -0.133. The Balaban J connectivity index is 1.73. The maximum atomic E-state index is 13.4. The first kappa shape index (κ1) is 21.9. The van der Waals surface area contributed by atoms with Gasteiger partial charge in [-0.15, -0.1) is 0 Å². The van der Waals surface area contributed by atoms with Gasteiger partial charge in [-0.05, 0) is 50.1 Å². The van der Waals surface area contributed by atoms with Crippen molar-refractivity contribution < 1.29 is 14.0 Å². The molecule has 2 amide bonds. The summed E-state index contributed by atoms with van der Waals surface area (Å²) in [7, 11) is 0. The van der Waals surface area contributed by atoms with Crippen molar-refractivity contribution in [3.8, 4) is 11.3 Å². The highest BCUT2D eigenvalue weighted by Gasteiger charge is 2.38. The summed E-state index contributed by atoms with van der Waals surface area (Å²) >= 11 is 0. The molecular weight excluding hydrogens is 409 g/mol. The zero-order valence-electron chi connectivity index (χ0n) is 19.1. The van der Waals surface area contributed by atoms with Crippen molar-refractivity contribution in [3.05, 3.63) is 53.6 Å². The molecule has 7 nitrogen and oxygen atoms in total. The Morgan fingerprint density at radius 3 is 2.41 bits per heavy atom. The van der Waals surface area contributed by atoms with E-state index in [1.165, 1.54) is 12.1 Å². The molecule has 0 N–H and O–H groups in total. The molecule has 1 aliphatic rings. The van der Waals surface area contributed by atoms with E-state index < -0.39 is 5.54 Å². The molecule has 0 spiro atoms. The number of halogens is 1. The highest BCUT2D eigenvalue weighted by molar-refractivity contribution is 5.94. The molecular formula is C24H28FN5O2. The van der Waals surface area contributed by atoms with E-state index in [2.05, 4.69) is 23.9 Å². The van der Waals surface area contributed by atoms with Crippen LogP contribution in [0.5, 0.6) is 0 Å². The second kappa shape index (κ2) is 8.00. The second-order valence-corrected chi connectivity index (χ2v) is 9.25. The number of hydrogen-bond donors (Lipinski definition) is 0. The Kier molecular flexibility index (Phi) is 5.48. The maximum Gasteiger partial charge on any atom is 0.274 e. The van der Waals surface area contributed by atoms with Crippen molar-refractivity contribution in [3.63, 3.8) is 0 Å². The van der Waals surface area contributed by atoms with Gasteiger partial charge in [0.05, 0.1) is 17.4 Å². The van der Waals surface area contributed by atoms with E-state index in [1.54, 1.807) is 39.6 Å². The molecule has 4 rings (SSSR count). The standard InChI is InChI=1S/C24H28FN5O2/c1-15(2)19-12-20(17-6-8-18(25)9-7-17)27-30-13-21(26-22(19)30)23(32)29-11-10-28(16(3)31)14-24(29,4)5/h6-9,12-13,15H,10-11,14H2,1-5H3. The quantitative estimate of drug-likeness (QED) is 0.626. The summed E-state index contributed by atoms with van der Waals surface area (Å²) < 4.78 is 15.0. The first-order valence-corrected chi connectivity index (χ1v) is 10.8. The normalized spacial score (nSPS) is 16.1. The Morgan fingerprint density at radius 1 is 1.12 bits per heavy atom. The van der Waals surface area contributed by atoms with Crippen LogP contribution >= 0.6 is 0 Å². The molecule has 0 atom stereocenters. The Hall–Kier alpha value is -3.29. The number of benzene rings is 1. The number of piperazine rings is 1. The monoisotopic (exact) mass is 437 g/mol. The van der Waals surface area contributed by atoms with Crippen LogP contribution in [0, 0.1) is 5.82 Å². The van der Waals surface area contributed by atoms with Crippen LogP contribution in [0.2, 0.25) is 0 Å². The average molecular weight is 438 g/mol. The van der Waals surface area contributed by atoms with Crippen LogP contribution in [0.25, 0.3) is 16.9 Å². The van der Waals surface area contributed by atoms with E-state index in [0.29, 0.717) is 36.7 Å². The van der Waals surface area contributed by atoms with Gasteiger partial charge in [-0.3, -0.25) is 9.59 Å². The van der Waals surface area contributed by atoms with Crippen LogP contribution in [0.3, 0.4) is 0 Å². The smallest absolute Gasteiger partial charge is 0.274 e. The van der Waals surface area contributed by atoms with Crippen LogP contribution in [-0.2, 0) is 4.79 Å². The zero-order valence-corrected chi connectivity index (χ0v) is 19.1. The molecule has 1 fully saturated rings. The number of carbonyl (C=O) groups is 2. The number of amides is 2. The van der Waals surface area contributed by atoms with Gasteiger partial charge in [0.15, 0.2) is 5.65 Å². The van der Waals surface area contributed by atoms with E-state index in [-0.39, 0.29) is 23.5 Å². The molecule has 2 aromatic heterocycles. The van der Waals surface area contributed by atoms with E-state index in [4.69, 9.17) is 0 Å². The third-order valence-electron chi connectivity index (χ3n) is 6.03. The summed E-state index contributed by atoms with van der Waals surface area (Å²) in [6.45, 7) is 11.0. The van der Waals surface area contributed by atoms with Crippen LogP contribution in [0.4, 0.5) is 4.39 Å². The van der Waals surface area contributed by atoms with Gasteiger partial charge in [0.1, 0.15) is 11.5 Å². The van der Waals surface area contributed by atoms with Crippen molar-refractivity contribution in [1.82, 2.24) is 24.4 Å². The first-order valence-electron chi connectivity index (χ1n) is 10.8. The van der Waals surface area contributed by atoms with E-state index in [0.717, 1.165) is 11.1 Å². The van der Waals surface area contributed by atoms with Crippen molar-refractivity contribution in [2.75, 3.05) is 19.6 Å². The van der Waals surface area contributed by atoms with Gasteiger partial charge in [-0.25, -0.2) is 13.9 Å². The van der Waals surface area contributed by atoms with Gasteiger partial charge in [0, 0.05) is 37.7 Å². The minimum absolute atomic E-state index is 0.0111. The van der Waals surface area contributed by atoms with Crippen molar-refractivity contribution in [2.45, 2.75) is 46.1 Å². The van der Waals surface area contributed by atoms with E-state index >= 15 is 0 Å². The van der Waals surface area contributed by atoms with Crippen LogP contribution in [0.15, 0.2) is 36.5 Å². The third-order valence-corrected chi connectivity index (χ3v) is 6.03. The fourth-order valence-corrected chi connectivity index (χ4v) is 4.23. The van der Waals surface area contributed by atoms with Gasteiger partial charge in [-0.2, -0.15) is 5.10 Å². The highest BCUT2D eigenvalue weighted by atomic mass is 19.1. The Labute approximate surface area is 186 Å². The third kappa shape index (κ3) is 3.97. The van der Waals surface area contributed by atoms with Gasteiger partial charge >= 0.3 is 0 Å². The van der Waals surface area contributed by atoms with E-state index in [9.17, 15) is 14.0 Å². The summed E-state index contributed by atoms with van der Waals surface area (Å²) in [5.41, 5.74) is 2.88. The summed E-state index contributed by atoms with van der Waals surface area (Å²) in [6.07, 6.45) is 1.66. The number of rotatable bonds is 3. The minimum atomic E-state index is -0.510. The number of imidazole rings is 1. The summed E-state index contributed by atoms with van der Waals surface area (Å²) in [5, 5.41) is 4.65. The highest BCUT2D eigenvalue weighted by Crippen LogP contribution is 2.28. The van der Waals surface area contributed by atoms with Crippen molar-refractivity contribution in [1.29, 1.82) is 0 Å². The number of aromatic nitrogens is 3. The minimum Gasteiger partial charge on any atom is -0.339 e. The summed E-state index contributed by atoms with van der Waals surface area (Å²) in [4.78, 5) is 33.4. The van der Waals surface area contributed by atoms with Crippen molar-refractivity contribution in [2.24, 2.45) is 0 Å². The molecule has 0 radical (unpaired) electrons.